The monoisotopic (exact) mass is 284 g/mol. The second-order valence-electron chi connectivity index (χ2n) is 5.40. The zero-order valence-corrected chi connectivity index (χ0v) is 12.0. The molecule has 1 aromatic heterocycles. The molecule has 21 heavy (non-hydrogen) atoms. The van der Waals surface area contributed by atoms with Crippen LogP contribution in [0.4, 0.5) is 5.82 Å². The topological polar surface area (TPSA) is 64.2 Å². The van der Waals surface area contributed by atoms with Crippen molar-refractivity contribution in [1.29, 1.82) is 0 Å². The first-order valence-electron chi connectivity index (χ1n) is 7.45. The van der Waals surface area contributed by atoms with Crippen LogP contribution >= 0.6 is 0 Å². The van der Waals surface area contributed by atoms with Gasteiger partial charge in [0.05, 0.1) is 11.9 Å². The molecule has 1 aliphatic heterocycles. The molecule has 2 aromatic rings. The molecule has 0 unspecified atom stereocenters. The van der Waals surface area contributed by atoms with Gasteiger partial charge in [-0.05, 0) is 25.0 Å². The molecule has 0 atom stereocenters. The van der Waals surface area contributed by atoms with Gasteiger partial charge in [0.1, 0.15) is 11.4 Å². The zero-order chi connectivity index (χ0) is 14.7. The molecule has 5 heteroatoms. The molecule has 5 nitrogen and oxygen atoms in total. The van der Waals surface area contributed by atoms with Crippen molar-refractivity contribution in [2.45, 2.75) is 25.7 Å². The van der Waals surface area contributed by atoms with E-state index in [2.05, 4.69) is 5.10 Å². The number of likely N-dealkylation sites (tertiary alicyclic amines) is 1. The quantitative estimate of drug-likeness (QED) is 0.921. The molecule has 0 bridgehead atoms. The van der Waals surface area contributed by atoms with Gasteiger partial charge in [0.25, 0.3) is 5.91 Å². The number of aromatic nitrogens is 2. The van der Waals surface area contributed by atoms with Crippen LogP contribution in [0.1, 0.15) is 36.0 Å². The first-order chi connectivity index (χ1) is 10.3. The third-order valence-electron chi connectivity index (χ3n) is 3.93. The maximum Gasteiger partial charge on any atom is 0.259 e. The Balaban J connectivity index is 1.86. The predicted molar refractivity (Wildman–Crippen MR) is 82.3 cm³/mol. The highest BCUT2D eigenvalue weighted by Crippen LogP contribution is 2.20. The van der Waals surface area contributed by atoms with E-state index in [-0.39, 0.29) is 5.91 Å². The Morgan fingerprint density at radius 3 is 2.38 bits per heavy atom. The van der Waals surface area contributed by atoms with Crippen molar-refractivity contribution < 1.29 is 4.79 Å². The van der Waals surface area contributed by atoms with Gasteiger partial charge >= 0.3 is 0 Å². The number of hydrogen-bond donors (Lipinski definition) is 1. The lowest BCUT2D eigenvalue weighted by atomic mass is 10.2. The van der Waals surface area contributed by atoms with E-state index in [1.165, 1.54) is 12.8 Å². The first-order valence-corrected chi connectivity index (χ1v) is 7.45. The van der Waals surface area contributed by atoms with E-state index in [0.717, 1.165) is 31.6 Å². The number of para-hydroxylation sites is 1. The highest BCUT2D eigenvalue weighted by Gasteiger charge is 2.22. The summed E-state index contributed by atoms with van der Waals surface area (Å²) in [6, 6.07) is 9.62. The van der Waals surface area contributed by atoms with Crippen molar-refractivity contribution >= 4 is 11.7 Å². The van der Waals surface area contributed by atoms with Crippen molar-refractivity contribution in [2.24, 2.45) is 0 Å². The standard InChI is InChI=1S/C16H20N4O/c17-15-14(16(21)19-10-6-1-2-7-11-19)12-18-20(15)13-8-4-3-5-9-13/h3-5,8-9,12H,1-2,6-7,10-11,17H2. The molecule has 2 N–H and O–H groups in total. The molecule has 0 aliphatic carbocycles. The molecule has 0 spiro atoms. The summed E-state index contributed by atoms with van der Waals surface area (Å²) in [4.78, 5) is 14.5. The Hall–Kier alpha value is -2.30. The van der Waals surface area contributed by atoms with Crippen molar-refractivity contribution in [1.82, 2.24) is 14.7 Å². The average molecular weight is 284 g/mol. The Bertz CT molecular complexity index is 612. The third kappa shape index (κ3) is 2.77. The van der Waals surface area contributed by atoms with Crippen molar-refractivity contribution in [2.75, 3.05) is 18.8 Å². The molecule has 2 heterocycles. The highest BCUT2D eigenvalue weighted by atomic mass is 16.2. The molecule has 110 valence electrons. The number of nitrogen functional groups attached to an aromatic ring is 1. The minimum atomic E-state index is -0.00317. The van der Waals surface area contributed by atoms with Gasteiger partial charge in [0.2, 0.25) is 0 Å². The minimum absolute atomic E-state index is 0.00317. The Morgan fingerprint density at radius 1 is 1.05 bits per heavy atom. The predicted octanol–water partition coefficient (Wildman–Crippen LogP) is 2.47. The van der Waals surface area contributed by atoms with Gasteiger partial charge in [0.15, 0.2) is 0 Å². The van der Waals surface area contributed by atoms with Crippen molar-refractivity contribution in [3.63, 3.8) is 0 Å². The highest BCUT2D eigenvalue weighted by molar-refractivity contribution is 5.98. The SMILES string of the molecule is Nc1c(C(=O)N2CCCCCC2)cnn1-c1ccccc1. The maximum absolute atomic E-state index is 12.6. The van der Waals surface area contributed by atoms with Crippen LogP contribution in [0, 0.1) is 0 Å². The normalized spacial score (nSPS) is 15.7. The number of carbonyl (C=O) groups is 1. The molecule has 1 aliphatic rings. The van der Waals surface area contributed by atoms with Gasteiger partial charge in [0, 0.05) is 13.1 Å². The van der Waals surface area contributed by atoms with Crippen molar-refractivity contribution in [3.05, 3.63) is 42.1 Å². The summed E-state index contributed by atoms with van der Waals surface area (Å²) >= 11 is 0. The molecular weight excluding hydrogens is 264 g/mol. The van der Waals surface area contributed by atoms with Crippen LogP contribution in [0.25, 0.3) is 5.69 Å². The number of anilines is 1. The fourth-order valence-corrected chi connectivity index (χ4v) is 2.74. The Labute approximate surface area is 124 Å². The first kappa shape index (κ1) is 13.7. The molecule has 1 amide bonds. The van der Waals surface area contributed by atoms with Crippen LogP contribution in [0.15, 0.2) is 36.5 Å². The van der Waals surface area contributed by atoms with Crippen LogP contribution in [0.5, 0.6) is 0 Å². The lowest BCUT2D eigenvalue weighted by molar-refractivity contribution is 0.0762. The number of hydrogen-bond acceptors (Lipinski definition) is 3. The summed E-state index contributed by atoms with van der Waals surface area (Å²) < 4.78 is 1.62. The molecule has 1 aromatic carbocycles. The largest absolute Gasteiger partial charge is 0.383 e. The second kappa shape index (κ2) is 5.99. The summed E-state index contributed by atoms with van der Waals surface area (Å²) in [5.41, 5.74) is 7.50. The molecule has 0 radical (unpaired) electrons. The number of nitrogens with zero attached hydrogens (tertiary/aromatic N) is 3. The van der Waals surface area contributed by atoms with Crippen LogP contribution in [0.3, 0.4) is 0 Å². The lowest BCUT2D eigenvalue weighted by Crippen LogP contribution is -2.32. The van der Waals surface area contributed by atoms with Gasteiger partial charge in [-0.25, -0.2) is 4.68 Å². The number of carbonyl (C=O) groups excluding carboxylic acids is 1. The molecular formula is C16H20N4O. The molecule has 1 saturated heterocycles. The van der Waals surface area contributed by atoms with Crippen LogP contribution < -0.4 is 5.73 Å². The number of nitrogens with two attached hydrogens (primary N) is 1. The Morgan fingerprint density at radius 2 is 1.71 bits per heavy atom. The van der Waals surface area contributed by atoms with Gasteiger partial charge in [-0.2, -0.15) is 5.10 Å². The maximum atomic E-state index is 12.6. The van der Waals surface area contributed by atoms with Crippen LogP contribution in [-0.2, 0) is 0 Å². The fraction of sp³-hybridized carbons (Fsp3) is 0.375. The van der Waals surface area contributed by atoms with E-state index in [9.17, 15) is 4.79 Å². The molecule has 3 rings (SSSR count). The fourth-order valence-electron chi connectivity index (χ4n) is 2.74. The van der Waals surface area contributed by atoms with E-state index < -0.39 is 0 Å². The summed E-state index contributed by atoms with van der Waals surface area (Å²) in [6.07, 6.45) is 6.11. The van der Waals surface area contributed by atoms with Gasteiger partial charge in [-0.3, -0.25) is 4.79 Å². The Kier molecular flexibility index (Phi) is 3.90. The number of amides is 1. The van der Waals surface area contributed by atoms with E-state index >= 15 is 0 Å². The molecule has 1 fully saturated rings. The number of benzene rings is 1. The smallest absolute Gasteiger partial charge is 0.259 e. The minimum Gasteiger partial charge on any atom is -0.383 e. The summed E-state index contributed by atoms with van der Waals surface area (Å²) in [6.45, 7) is 1.63. The summed E-state index contributed by atoms with van der Waals surface area (Å²) in [5.74, 6) is 0.409. The van der Waals surface area contributed by atoms with Gasteiger partial charge < -0.3 is 10.6 Å². The van der Waals surface area contributed by atoms with Crippen LogP contribution in [0.2, 0.25) is 0 Å². The summed E-state index contributed by atoms with van der Waals surface area (Å²) in [7, 11) is 0. The summed E-state index contributed by atoms with van der Waals surface area (Å²) in [5, 5.41) is 4.27. The third-order valence-corrected chi connectivity index (χ3v) is 3.93. The van der Waals surface area contributed by atoms with Gasteiger partial charge in [-0.1, -0.05) is 31.0 Å². The van der Waals surface area contributed by atoms with Crippen molar-refractivity contribution in [3.8, 4) is 5.69 Å². The lowest BCUT2D eigenvalue weighted by Gasteiger charge is -2.19. The molecule has 0 saturated carbocycles. The van der Waals surface area contributed by atoms with E-state index in [4.69, 9.17) is 5.73 Å². The van der Waals surface area contributed by atoms with E-state index in [1.54, 1.807) is 10.9 Å². The number of rotatable bonds is 2. The van der Waals surface area contributed by atoms with E-state index in [1.807, 2.05) is 35.2 Å². The van der Waals surface area contributed by atoms with Crippen LogP contribution in [-0.4, -0.2) is 33.7 Å². The van der Waals surface area contributed by atoms with Gasteiger partial charge in [-0.15, -0.1) is 0 Å². The second-order valence-corrected chi connectivity index (χ2v) is 5.40. The van der Waals surface area contributed by atoms with E-state index in [0.29, 0.717) is 11.4 Å². The zero-order valence-electron chi connectivity index (χ0n) is 12.0. The average Bonchev–Trinajstić information content (AvgIpc) is 2.74.